The average molecular weight is 521 g/mol. The van der Waals surface area contributed by atoms with Gasteiger partial charge in [-0.2, -0.15) is 0 Å². The number of nitrogens with two attached hydrogens (primary N) is 1. The first-order chi connectivity index (χ1) is 18.3. The molecule has 1 heterocycles. The van der Waals surface area contributed by atoms with Gasteiger partial charge in [-0.3, -0.25) is 14.4 Å². The molecule has 8 nitrogen and oxygen atoms in total. The van der Waals surface area contributed by atoms with Crippen molar-refractivity contribution in [1.29, 1.82) is 0 Å². The molecule has 0 saturated carbocycles. The Bertz CT molecular complexity index is 1280. The van der Waals surface area contributed by atoms with E-state index in [0.717, 1.165) is 16.3 Å². The van der Waals surface area contributed by atoms with Crippen molar-refractivity contribution in [3.63, 3.8) is 0 Å². The van der Waals surface area contributed by atoms with Crippen LogP contribution in [0.5, 0.6) is 0 Å². The number of piperidine rings is 1. The number of benzene rings is 3. The van der Waals surface area contributed by atoms with Gasteiger partial charge in [0.15, 0.2) is 0 Å². The van der Waals surface area contributed by atoms with Gasteiger partial charge in [0.05, 0.1) is 12.0 Å². The summed E-state index contributed by atoms with van der Waals surface area (Å²) in [7, 11) is 0. The number of carbonyl (C=O) groups is 3. The van der Waals surface area contributed by atoms with Gasteiger partial charge in [-0.15, -0.1) is 0 Å². The lowest BCUT2D eigenvalue weighted by Crippen LogP contribution is -2.53. The van der Waals surface area contributed by atoms with Gasteiger partial charge in [0.25, 0.3) is 5.91 Å². The Morgan fingerprint density at radius 1 is 1.05 bits per heavy atom. The van der Waals surface area contributed by atoms with E-state index in [1.807, 2.05) is 42.5 Å². The van der Waals surface area contributed by atoms with Crippen molar-refractivity contribution < 1.29 is 23.9 Å². The first kappa shape index (κ1) is 27.2. The largest absolute Gasteiger partial charge is 0.390 e. The highest BCUT2D eigenvalue weighted by Gasteiger charge is 2.31. The van der Waals surface area contributed by atoms with E-state index in [1.165, 1.54) is 24.3 Å². The van der Waals surface area contributed by atoms with E-state index in [1.54, 1.807) is 4.90 Å². The number of fused-ring (bicyclic) bond motifs is 1. The molecule has 38 heavy (non-hydrogen) atoms. The second kappa shape index (κ2) is 12.6. The molecule has 0 spiro atoms. The molecule has 3 amide bonds. The van der Waals surface area contributed by atoms with E-state index in [2.05, 4.69) is 10.6 Å². The molecule has 0 bridgehead atoms. The molecular weight excluding hydrogens is 487 g/mol. The van der Waals surface area contributed by atoms with E-state index >= 15 is 0 Å². The van der Waals surface area contributed by atoms with E-state index < -0.39 is 29.8 Å². The van der Waals surface area contributed by atoms with Crippen molar-refractivity contribution in [2.75, 3.05) is 26.2 Å². The molecule has 4 rings (SSSR count). The predicted molar refractivity (Wildman–Crippen MR) is 143 cm³/mol. The number of hydrogen-bond donors (Lipinski definition) is 4. The summed E-state index contributed by atoms with van der Waals surface area (Å²) in [5, 5.41) is 17.4. The third-order valence-electron chi connectivity index (χ3n) is 6.84. The fraction of sp³-hybridized carbons (Fsp3) is 0.345. The van der Waals surface area contributed by atoms with Gasteiger partial charge in [-0.1, -0.05) is 42.5 Å². The maximum absolute atomic E-state index is 13.3. The second-order valence-electron chi connectivity index (χ2n) is 9.68. The summed E-state index contributed by atoms with van der Waals surface area (Å²) >= 11 is 0. The number of nitrogens with one attached hydrogen (secondary N) is 2. The van der Waals surface area contributed by atoms with E-state index in [9.17, 15) is 23.9 Å². The molecule has 1 aliphatic heterocycles. The highest BCUT2D eigenvalue weighted by Crippen LogP contribution is 2.21. The van der Waals surface area contributed by atoms with Crippen molar-refractivity contribution in [2.45, 2.75) is 31.4 Å². The molecule has 0 aromatic heterocycles. The van der Waals surface area contributed by atoms with Crippen LogP contribution in [0.25, 0.3) is 10.8 Å². The number of halogens is 1. The van der Waals surface area contributed by atoms with Crippen LogP contribution in [-0.4, -0.2) is 66.1 Å². The standard InChI is InChI=1S/C29H33FN4O4/c30-24-11-9-21(10-12-24)29(38)34-13-3-6-23(18-34)27(36)33-26(28(37)32-17-25(35)16-31)15-19-7-8-20-4-1-2-5-22(20)14-19/h1-2,4-5,7-12,14,23,25-26,35H,3,6,13,15-18,31H2,(H,32,37)(H,33,36). The number of aliphatic hydroxyl groups is 1. The van der Waals surface area contributed by atoms with Gasteiger partial charge in [-0.05, 0) is 53.4 Å². The first-order valence-electron chi connectivity index (χ1n) is 12.8. The highest BCUT2D eigenvalue weighted by atomic mass is 19.1. The van der Waals surface area contributed by atoms with Crippen molar-refractivity contribution in [3.05, 3.63) is 83.7 Å². The molecule has 9 heteroatoms. The molecule has 3 aromatic carbocycles. The first-order valence-corrected chi connectivity index (χ1v) is 12.8. The van der Waals surface area contributed by atoms with Crippen LogP contribution in [0.3, 0.4) is 0 Å². The van der Waals surface area contributed by atoms with Crippen molar-refractivity contribution in [1.82, 2.24) is 15.5 Å². The van der Waals surface area contributed by atoms with Crippen LogP contribution in [0.2, 0.25) is 0 Å². The Morgan fingerprint density at radius 3 is 2.53 bits per heavy atom. The summed E-state index contributed by atoms with van der Waals surface area (Å²) in [6.07, 6.45) is 0.580. The lowest BCUT2D eigenvalue weighted by Gasteiger charge is -2.33. The van der Waals surface area contributed by atoms with E-state index in [0.29, 0.717) is 24.9 Å². The van der Waals surface area contributed by atoms with Crippen LogP contribution in [0.1, 0.15) is 28.8 Å². The topological polar surface area (TPSA) is 125 Å². The fourth-order valence-electron chi connectivity index (χ4n) is 4.68. The number of hydrogen-bond acceptors (Lipinski definition) is 5. The molecule has 5 N–H and O–H groups in total. The lowest BCUT2D eigenvalue weighted by molar-refractivity contribution is -0.132. The monoisotopic (exact) mass is 520 g/mol. The summed E-state index contributed by atoms with van der Waals surface area (Å²) in [5.74, 6) is -1.92. The normalized spacial score (nSPS) is 17.0. The quantitative estimate of drug-likeness (QED) is 0.344. The molecule has 3 atom stereocenters. The second-order valence-corrected chi connectivity index (χ2v) is 9.68. The number of rotatable bonds is 9. The summed E-state index contributed by atoms with van der Waals surface area (Å²) in [4.78, 5) is 40.9. The Labute approximate surface area is 221 Å². The fourth-order valence-corrected chi connectivity index (χ4v) is 4.68. The summed E-state index contributed by atoms with van der Waals surface area (Å²) in [6.45, 7) is 0.682. The average Bonchev–Trinajstić information content (AvgIpc) is 2.95. The lowest BCUT2D eigenvalue weighted by atomic mass is 9.95. The summed E-state index contributed by atoms with van der Waals surface area (Å²) in [6, 6.07) is 18.2. The zero-order chi connectivity index (χ0) is 27.1. The van der Waals surface area contributed by atoms with Crippen LogP contribution < -0.4 is 16.4 Å². The molecule has 1 fully saturated rings. The van der Waals surface area contributed by atoms with Crippen LogP contribution >= 0.6 is 0 Å². The Morgan fingerprint density at radius 2 is 1.79 bits per heavy atom. The van der Waals surface area contributed by atoms with Crippen molar-refractivity contribution in [2.24, 2.45) is 11.7 Å². The van der Waals surface area contributed by atoms with Crippen molar-refractivity contribution in [3.8, 4) is 0 Å². The Hall–Kier alpha value is -3.82. The van der Waals surface area contributed by atoms with Gasteiger partial charge in [0.2, 0.25) is 11.8 Å². The third kappa shape index (κ3) is 6.93. The smallest absolute Gasteiger partial charge is 0.253 e. The van der Waals surface area contributed by atoms with Gasteiger partial charge in [0, 0.05) is 38.2 Å². The minimum Gasteiger partial charge on any atom is -0.390 e. The number of aliphatic hydroxyl groups excluding tert-OH is 1. The number of likely N-dealkylation sites (tertiary alicyclic amines) is 1. The molecule has 200 valence electrons. The Balaban J connectivity index is 1.46. The number of carbonyl (C=O) groups excluding carboxylic acids is 3. The maximum Gasteiger partial charge on any atom is 0.253 e. The summed E-state index contributed by atoms with van der Waals surface area (Å²) in [5.41, 5.74) is 6.69. The van der Waals surface area contributed by atoms with Crippen LogP contribution in [0.15, 0.2) is 66.7 Å². The number of amides is 3. The Kier molecular flexibility index (Phi) is 9.04. The third-order valence-corrected chi connectivity index (χ3v) is 6.84. The van der Waals surface area contributed by atoms with Gasteiger partial charge in [0.1, 0.15) is 11.9 Å². The zero-order valence-electron chi connectivity index (χ0n) is 21.1. The summed E-state index contributed by atoms with van der Waals surface area (Å²) < 4.78 is 13.3. The van der Waals surface area contributed by atoms with Crippen LogP contribution in [0.4, 0.5) is 4.39 Å². The maximum atomic E-state index is 13.3. The van der Waals surface area contributed by atoms with Gasteiger partial charge in [-0.25, -0.2) is 4.39 Å². The molecule has 1 saturated heterocycles. The van der Waals surface area contributed by atoms with E-state index in [4.69, 9.17) is 5.73 Å². The molecule has 3 unspecified atom stereocenters. The van der Waals surface area contributed by atoms with Crippen molar-refractivity contribution >= 4 is 28.5 Å². The van der Waals surface area contributed by atoms with Crippen LogP contribution in [0, 0.1) is 11.7 Å². The van der Waals surface area contributed by atoms with Gasteiger partial charge < -0.3 is 26.4 Å². The molecule has 1 aliphatic rings. The highest BCUT2D eigenvalue weighted by molar-refractivity contribution is 5.95. The minimum atomic E-state index is -0.889. The minimum absolute atomic E-state index is 0.00196. The molecule has 3 aromatic rings. The predicted octanol–water partition coefficient (Wildman–Crippen LogP) is 1.99. The van der Waals surface area contributed by atoms with E-state index in [-0.39, 0.29) is 37.9 Å². The molecule has 0 radical (unpaired) electrons. The zero-order valence-corrected chi connectivity index (χ0v) is 21.1. The SMILES string of the molecule is NCC(O)CNC(=O)C(Cc1ccc2ccccc2c1)NC(=O)C1CCCN(C(=O)c2ccc(F)cc2)C1. The van der Waals surface area contributed by atoms with Gasteiger partial charge >= 0.3 is 0 Å². The number of nitrogens with zero attached hydrogens (tertiary/aromatic N) is 1. The molecular formula is C29H33FN4O4. The molecule has 0 aliphatic carbocycles. The van der Waals surface area contributed by atoms with Crippen LogP contribution in [-0.2, 0) is 16.0 Å².